The maximum absolute atomic E-state index is 6.01. The number of anilines is 1. The molecule has 6 aromatic rings. The summed E-state index contributed by atoms with van der Waals surface area (Å²) in [4.78, 5) is 19.7. The van der Waals surface area contributed by atoms with Gasteiger partial charge in [0.15, 0.2) is 0 Å². The minimum atomic E-state index is 0. The van der Waals surface area contributed by atoms with E-state index in [0.717, 1.165) is 35.6 Å². The van der Waals surface area contributed by atoms with Gasteiger partial charge in [-0.3, -0.25) is 0 Å². The highest BCUT2D eigenvalue weighted by Crippen LogP contribution is 2.28. The van der Waals surface area contributed by atoms with Crippen molar-refractivity contribution in [2.24, 2.45) is 0 Å². The Morgan fingerprint density at radius 3 is 1.72 bits per heavy atom. The number of benzene rings is 2. The van der Waals surface area contributed by atoms with Crippen molar-refractivity contribution in [3.05, 3.63) is 88.0 Å². The summed E-state index contributed by atoms with van der Waals surface area (Å²) in [6.45, 7) is 2.13. The summed E-state index contributed by atoms with van der Waals surface area (Å²) in [6, 6.07) is 22.2. The first-order chi connectivity index (χ1) is 18.5. The van der Waals surface area contributed by atoms with Gasteiger partial charge in [-0.1, -0.05) is 54.4 Å². The lowest BCUT2D eigenvalue weighted by atomic mass is 10.2. The van der Waals surface area contributed by atoms with Gasteiger partial charge in [0.1, 0.15) is 22.0 Å². The second-order valence-electron chi connectivity index (χ2n) is 8.70. The molecule has 1 aliphatic heterocycles. The average Bonchev–Trinajstić information content (AvgIpc) is 3.68. The molecule has 4 aromatic heterocycles. The van der Waals surface area contributed by atoms with Gasteiger partial charge >= 0.3 is 0 Å². The molecule has 0 amide bonds. The molecule has 0 atom stereocenters. The third-order valence-electron chi connectivity index (χ3n) is 6.04. The van der Waals surface area contributed by atoms with Crippen LogP contribution in [0.15, 0.2) is 81.6 Å². The average molecular weight is 581 g/mol. The topological polar surface area (TPSA) is 81.1 Å². The van der Waals surface area contributed by atoms with E-state index in [1.54, 1.807) is 24.3 Å². The Morgan fingerprint density at radius 2 is 1.15 bits per heavy atom. The molecule has 7 rings (SSSR count). The summed E-state index contributed by atoms with van der Waals surface area (Å²) in [6.07, 6.45) is 2.45. The van der Waals surface area contributed by atoms with Crippen LogP contribution in [0, 0.1) is 0 Å². The molecule has 1 aliphatic rings. The lowest BCUT2D eigenvalue weighted by molar-refractivity contribution is 0.607. The van der Waals surface area contributed by atoms with Crippen molar-refractivity contribution in [2.45, 2.75) is 20.3 Å². The SMILES string of the molecule is C.Clc1cccc(-c2nc3ccc(Cl)nc3o2)c1.Clc1cccc(-c2nc3ccc(N4CCCC4)nc3o2)c1. The Hall–Kier alpha value is -3.65. The van der Waals surface area contributed by atoms with Gasteiger partial charge in [-0.15, -0.1) is 0 Å². The number of aromatic nitrogens is 4. The predicted octanol–water partition coefficient (Wildman–Crippen LogP) is 8.98. The zero-order valence-electron chi connectivity index (χ0n) is 19.9. The van der Waals surface area contributed by atoms with E-state index < -0.39 is 0 Å². The second-order valence-corrected chi connectivity index (χ2v) is 9.96. The highest BCUT2D eigenvalue weighted by atomic mass is 35.5. The summed E-state index contributed by atoms with van der Waals surface area (Å²) >= 11 is 17.7. The standard InChI is InChI=1S/C16H14ClN3O.C12H6Cl2N2O.CH4/c17-12-5-3-4-11(10-12)15-18-13-6-7-14(19-16(13)21-15)20-8-1-2-9-20;13-8-3-1-2-7(6-8)11-15-9-4-5-10(14)16-12(9)17-11;/h3-7,10H,1-2,8-9H2;1-6H;1H4. The first-order valence-corrected chi connectivity index (χ1v) is 13.1. The molecule has 0 unspecified atom stereocenters. The molecule has 39 heavy (non-hydrogen) atoms. The molecule has 1 fully saturated rings. The number of halogens is 3. The molecule has 2 aromatic carbocycles. The van der Waals surface area contributed by atoms with Crippen molar-refractivity contribution in [1.82, 2.24) is 19.9 Å². The molecule has 10 heteroatoms. The monoisotopic (exact) mass is 579 g/mol. The molecule has 1 saturated heterocycles. The van der Waals surface area contributed by atoms with E-state index in [0.29, 0.717) is 43.9 Å². The minimum absolute atomic E-state index is 0. The van der Waals surface area contributed by atoms with Crippen LogP contribution in [0.4, 0.5) is 5.82 Å². The van der Waals surface area contributed by atoms with Gasteiger partial charge in [0, 0.05) is 34.3 Å². The quantitative estimate of drug-likeness (QED) is 0.193. The molecule has 198 valence electrons. The number of fused-ring (bicyclic) bond motifs is 2. The Balaban J connectivity index is 0.000000157. The Bertz CT molecular complexity index is 1740. The fourth-order valence-electron chi connectivity index (χ4n) is 4.21. The van der Waals surface area contributed by atoms with Crippen LogP contribution in [-0.2, 0) is 0 Å². The largest absolute Gasteiger partial charge is 0.418 e. The third-order valence-corrected chi connectivity index (χ3v) is 6.72. The van der Waals surface area contributed by atoms with Crippen LogP contribution in [0.5, 0.6) is 0 Å². The van der Waals surface area contributed by atoms with Gasteiger partial charge in [0.25, 0.3) is 0 Å². The first kappa shape index (κ1) is 26.9. The number of nitrogens with zero attached hydrogens (tertiary/aromatic N) is 5. The van der Waals surface area contributed by atoms with Crippen LogP contribution in [0.25, 0.3) is 45.4 Å². The molecule has 0 aliphatic carbocycles. The van der Waals surface area contributed by atoms with E-state index in [1.807, 2.05) is 48.5 Å². The van der Waals surface area contributed by atoms with E-state index in [-0.39, 0.29) is 7.43 Å². The van der Waals surface area contributed by atoms with Crippen LogP contribution >= 0.6 is 34.8 Å². The molecule has 5 heterocycles. The Labute approximate surface area is 240 Å². The zero-order valence-corrected chi connectivity index (χ0v) is 22.2. The van der Waals surface area contributed by atoms with E-state index in [9.17, 15) is 0 Å². The van der Waals surface area contributed by atoms with Gasteiger partial charge in [-0.05, 0) is 73.5 Å². The number of oxazole rings is 2. The fourth-order valence-corrected chi connectivity index (χ4v) is 4.73. The molecule has 0 bridgehead atoms. The predicted molar refractivity (Wildman–Crippen MR) is 158 cm³/mol. The van der Waals surface area contributed by atoms with Crippen LogP contribution in [0.1, 0.15) is 20.3 Å². The number of pyridine rings is 2. The van der Waals surface area contributed by atoms with E-state index in [2.05, 4.69) is 24.8 Å². The Morgan fingerprint density at radius 1 is 0.615 bits per heavy atom. The third kappa shape index (κ3) is 6.01. The fraction of sp³-hybridized carbons (Fsp3) is 0.172. The van der Waals surface area contributed by atoms with Gasteiger partial charge in [0.05, 0.1) is 0 Å². The van der Waals surface area contributed by atoms with E-state index >= 15 is 0 Å². The summed E-state index contributed by atoms with van der Waals surface area (Å²) in [5, 5.41) is 1.68. The first-order valence-electron chi connectivity index (χ1n) is 12.0. The summed E-state index contributed by atoms with van der Waals surface area (Å²) in [5.41, 5.74) is 4.12. The van der Waals surface area contributed by atoms with Gasteiger partial charge in [-0.2, -0.15) is 9.97 Å². The van der Waals surface area contributed by atoms with Crippen molar-refractivity contribution in [2.75, 3.05) is 18.0 Å². The maximum atomic E-state index is 6.01. The molecular formula is C29H24Cl3N5O2. The Kier molecular flexibility index (Phi) is 8.02. The zero-order chi connectivity index (χ0) is 26.1. The van der Waals surface area contributed by atoms with Gasteiger partial charge in [-0.25, -0.2) is 9.97 Å². The van der Waals surface area contributed by atoms with Gasteiger partial charge < -0.3 is 13.7 Å². The molecular weight excluding hydrogens is 557 g/mol. The van der Waals surface area contributed by atoms with Crippen molar-refractivity contribution in [3.8, 4) is 22.9 Å². The summed E-state index contributed by atoms with van der Waals surface area (Å²) in [5.74, 6) is 2.00. The molecule has 7 nitrogen and oxygen atoms in total. The van der Waals surface area contributed by atoms with Crippen molar-refractivity contribution >= 4 is 63.1 Å². The minimum Gasteiger partial charge on any atom is -0.418 e. The maximum Gasteiger partial charge on any atom is 0.249 e. The van der Waals surface area contributed by atoms with Crippen molar-refractivity contribution in [1.29, 1.82) is 0 Å². The molecule has 0 spiro atoms. The smallest absolute Gasteiger partial charge is 0.249 e. The number of hydrogen-bond acceptors (Lipinski definition) is 7. The summed E-state index contributed by atoms with van der Waals surface area (Å²) < 4.78 is 11.3. The molecule has 0 N–H and O–H groups in total. The highest BCUT2D eigenvalue weighted by Gasteiger charge is 2.16. The summed E-state index contributed by atoms with van der Waals surface area (Å²) in [7, 11) is 0. The second kappa shape index (κ2) is 11.6. The van der Waals surface area contributed by atoms with Crippen LogP contribution in [-0.4, -0.2) is 33.0 Å². The highest BCUT2D eigenvalue weighted by molar-refractivity contribution is 6.31. The van der Waals surface area contributed by atoms with E-state index in [4.69, 9.17) is 43.6 Å². The molecule has 0 radical (unpaired) electrons. The van der Waals surface area contributed by atoms with Crippen molar-refractivity contribution in [3.63, 3.8) is 0 Å². The van der Waals surface area contributed by atoms with Gasteiger partial charge in [0.2, 0.25) is 23.2 Å². The van der Waals surface area contributed by atoms with E-state index in [1.165, 1.54) is 12.8 Å². The van der Waals surface area contributed by atoms with Crippen LogP contribution < -0.4 is 4.90 Å². The van der Waals surface area contributed by atoms with Crippen LogP contribution in [0.2, 0.25) is 15.2 Å². The molecule has 0 saturated carbocycles. The lowest BCUT2D eigenvalue weighted by Gasteiger charge is -2.15. The van der Waals surface area contributed by atoms with Crippen molar-refractivity contribution < 1.29 is 8.83 Å². The normalized spacial score (nSPS) is 12.8. The van der Waals surface area contributed by atoms with Crippen LogP contribution in [0.3, 0.4) is 0 Å². The lowest BCUT2D eigenvalue weighted by Crippen LogP contribution is -2.18. The number of hydrogen-bond donors (Lipinski definition) is 0. The number of rotatable bonds is 3.